The lowest BCUT2D eigenvalue weighted by Crippen LogP contribution is -2.47. The van der Waals surface area contributed by atoms with E-state index < -0.39 is 50.1 Å². The number of nitrogens with two attached hydrogens (primary N) is 1. The molecule has 1 unspecified atom stereocenters. The van der Waals surface area contributed by atoms with Crippen molar-refractivity contribution >= 4 is 20.0 Å². The first kappa shape index (κ1) is 17.7. The minimum atomic E-state index is -4.40. The average molecular weight is 338 g/mol. The number of piperidine rings is 1. The second-order valence-electron chi connectivity index (χ2n) is 4.75. The molecule has 1 heterocycles. The molecular weight excluding hydrogens is 321 g/mol. The minimum absolute atomic E-state index is 0.111. The molecular formula is C9H17F3N2O4S2. The maximum atomic E-state index is 12.0. The smallest absolute Gasteiger partial charge is 0.228 e. The van der Waals surface area contributed by atoms with Crippen molar-refractivity contribution in [2.45, 2.75) is 37.1 Å². The summed E-state index contributed by atoms with van der Waals surface area (Å²) in [7, 11) is -7.73. The van der Waals surface area contributed by atoms with Gasteiger partial charge in [-0.1, -0.05) is 0 Å². The summed E-state index contributed by atoms with van der Waals surface area (Å²) >= 11 is 0. The van der Waals surface area contributed by atoms with Crippen molar-refractivity contribution in [2.75, 3.05) is 18.8 Å². The maximum absolute atomic E-state index is 12.0. The Morgan fingerprint density at radius 3 is 2.30 bits per heavy atom. The van der Waals surface area contributed by atoms with E-state index in [-0.39, 0.29) is 19.5 Å². The fourth-order valence-corrected chi connectivity index (χ4v) is 4.57. The Kier molecular flexibility index (Phi) is 5.44. The van der Waals surface area contributed by atoms with E-state index in [0.717, 1.165) is 4.31 Å². The van der Waals surface area contributed by atoms with Gasteiger partial charge in [-0.05, 0) is 19.3 Å². The van der Waals surface area contributed by atoms with Gasteiger partial charge < -0.3 is 0 Å². The zero-order chi connectivity index (χ0) is 15.6. The standard InChI is InChI=1S/C9H17F3N2O4S2/c10-9(11,12)4-2-6-19(15,16)14-5-1-3-8(7-14)20(13,17)18/h8H,1-7H2,(H2,13,17,18). The molecule has 1 aliphatic rings. The number of rotatable bonds is 5. The van der Waals surface area contributed by atoms with Crippen LogP contribution in [0.4, 0.5) is 13.2 Å². The zero-order valence-electron chi connectivity index (χ0n) is 10.6. The van der Waals surface area contributed by atoms with E-state index in [2.05, 4.69) is 0 Å². The number of sulfonamides is 2. The van der Waals surface area contributed by atoms with Gasteiger partial charge in [-0.15, -0.1) is 0 Å². The van der Waals surface area contributed by atoms with Crippen molar-refractivity contribution in [3.63, 3.8) is 0 Å². The second kappa shape index (κ2) is 6.16. The summed E-state index contributed by atoms with van der Waals surface area (Å²) in [5.41, 5.74) is 0. The van der Waals surface area contributed by atoms with E-state index in [1.54, 1.807) is 0 Å². The topological polar surface area (TPSA) is 97.5 Å². The van der Waals surface area contributed by atoms with Crippen LogP contribution in [-0.4, -0.2) is 51.4 Å². The SMILES string of the molecule is NS(=O)(=O)C1CCCN(S(=O)(=O)CCCC(F)(F)F)C1. The molecule has 6 nitrogen and oxygen atoms in total. The summed E-state index contributed by atoms with van der Waals surface area (Å²) in [6, 6.07) is 0. The van der Waals surface area contributed by atoms with Crippen molar-refractivity contribution in [3.05, 3.63) is 0 Å². The summed E-state index contributed by atoms with van der Waals surface area (Å²) in [6.07, 6.45) is -5.55. The number of hydrogen-bond acceptors (Lipinski definition) is 4. The van der Waals surface area contributed by atoms with Gasteiger partial charge in [0.05, 0.1) is 11.0 Å². The van der Waals surface area contributed by atoms with Gasteiger partial charge >= 0.3 is 6.18 Å². The lowest BCUT2D eigenvalue weighted by molar-refractivity contribution is -0.134. The lowest BCUT2D eigenvalue weighted by Gasteiger charge is -2.30. The number of nitrogens with zero attached hydrogens (tertiary/aromatic N) is 1. The van der Waals surface area contributed by atoms with Gasteiger partial charge in [0.25, 0.3) is 0 Å². The lowest BCUT2D eigenvalue weighted by atomic mass is 10.2. The van der Waals surface area contributed by atoms with E-state index in [4.69, 9.17) is 5.14 Å². The highest BCUT2D eigenvalue weighted by molar-refractivity contribution is 7.90. The molecule has 0 aromatic heterocycles. The molecule has 1 saturated heterocycles. The third-order valence-electron chi connectivity index (χ3n) is 3.06. The van der Waals surface area contributed by atoms with Crippen LogP contribution < -0.4 is 5.14 Å². The molecule has 1 aliphatic heterocycles. The summed E-state index contributed by atoms with van der Waals surface area (Å²) < 4.78 is 83.0. The molecule has 1 atom stereocenters. The van der Waals surface area contributed by atoms with Crippen molar-refractivity contribution in [1.82, 2.24) is 4.31 Å². The largest absolute Gasteiger partial charge is 0.389 e. The number of halogens is 3. The van der Waals surface area contributed by atoms with Crippen LogP contribution in [0.25, 0.3) is 0 Å². The third kappa shape index (κ3) is 5.54. The Balaban J connectivity index is 2.63. The van der Waals surface area contributed by atoms with Crippen LogP contribution in [0.2, 0.25) is 0 Å². The Hall–Kier alpha value is -0.390. The van der Waals surface area contributed by atoms with Gasteiger partial charge in [0.15, 0.2) is 0 Å². The molecule has 0 bridgehead atoms. The zero-order valence-corrected chi connectivity index (χ0v) is 12.3. The van der Waals surface area contributed by atoms with E-state index in [1.165, 1.54) is 0 Å². The first-order valence-electron chi connectivity index (χ1n) is 5.98. The number of hydrogen-bond donors (Lipinski definition) is 1. The quantitative estimate of drug-likeness (QED) is 0.785. The molecule has 120 valence electrons. The fraction of sp³-hybridized carbons (Fsp3) is 1.00. The summed E-state index contributed by atoms with van der Waals surface area (Å²) in [5, 5.41) is 3.98. The molecule has 0 radical (unpaired) electrons. The molecule has 0 amide bonds. The van der Waals surface area contributed by atoms with Gasteiger partial charge in [-0.3, -0.25) is 0 Å². The van der Waals surface area contributed by atoms with E-state index in [0.29, 0.717) is 6.42 Å². The molecule has 2 N–H and O–H groups in total. The normalized spacial score (nSPS) is 22.9. The van der Waals surface area contributed by atoms with Crippen molar-refractivity contribution in [1.29, 1.82) is 0 Å². The Labute approximate surface area is 116 Å². The Bertz CT molecular complexity index is 530. The van der Waals surface area contributed by atoms with Gasteiger partial charge in [-0.2, -0.15) is 13.2 Å². The molecule has 0 spiro atoms. The monoisotopic (exact) mass is 338 g/mol. The summed E-state index contributed by atoms with van der Waals surface area (Å²) in [5.74, 6) is -0.649. The number of alkyl halides is 3. The molecule has 0 aliphatic carbocycles. The van der Waals surface area contributed by atoms with Crippen molar-refractivity contribution in [3.8, 4) is 0 Å². The van der Waals surface area contributed by atoms with Crippen LogP contribution in [0.5, 0.6) is 0 Å². The van der Waals surface area contributed by atoms with Crippen molar-refractivity contribution in [2.24, 2.45) is 5.14 Å². The van der Waals surface area contributed by atoms with Crippen LogP contribution in [0.15, 0.2) is 0 Å². The Morgan fingerprint density at radius 1 is 1.20 bits per heavy atom. The predicted octanol–water partition coefficient (Wildman–Crippen LogP) is 0.412. The summed E-state index contributed by atoms with van der Waals surface area (Å²) in [4.78, 5) is 0. The highest BCUT2D eigenvalue weighted by Crippen LogP contribution is 2.23. The average Bonchev–Trinajstić information content (AvgIpc) is 2.26. The molecule has 0 aromatic carbocycles. The summed E-state index contributed by atoms with van der Waals surface area (Å²) in [6.45, 7) is -0.173. The number of primary sulfonamides is 1. The van der Waals surface area contributed by atoms with Crippen LogP contribution in [0, 0.1) is 0 Å². The van der Waals surface area contributed by atoms with Crippen LogP contribution >= 0.6 is 0 Å². The molecule has 1 rings (SSSR count). The van der Waals surface area contributed by atoms with E-state index in [9.17, 15) is 30.0 Å². The second-order valence-corrected chi connectivity index (χ2v) is 8.68. The predicted molar refractivity (Wildman–Crippen MR) is 66.8 cm³/mol. The molecule has 11 heteroatoms. The van der Waals surface area contributed by atoms with Crippen LogP contribution in [0.3, 0.4) is 0 Å². The molecule has 0 saturated carbocycles. The van der Waals surface area contributed by atoms with E-state index >= 15 is 0 Å². The first-order chi connectivity index (χ1) is 8.92. The van der Waals surface area contributed by atoms with Gasteiger partial charge in [0.1, 0.15) is 0 Å². The highest BCUT2D eigenvalue weighted by atomic mass is 32.2. The van der Waals surface area contributed by atoms with Gasteiger partial charge in [0, 0.05) is 19.5 Å². The molecule has 20 heavy (non-hydrogen) atoms. The van der Waals surface area contributed by atoms with E-state index in [1.807, 2.05) is 0 Å². The van der Waals surface area contributed by atoms with Gasteiger partial charge in [-0.25, -0.2) is 26.3 Å². The van der Waals surface area contributed by atoms with Crippen LogP contribution in [-0.2, 0) is 20.0 Å². The van der Waals surface area contributed by atoms with Crippen LogP contribution in [0.1, 0.15) is 25.7 Å². The Morgan fingerprint density at radius 2 is 1.80 bits per heavy atom. The first-order valence-corrected chi connectivity index (χ1v) is 9.20. The minimum Gasteiger partial charge on any atom is -0.228 e. The van der Waals surface area contributed by atoms with Crippen molar-refractivity contribution < 1.29 is 30.0 Å². The molecule has 1 fully saturated rings. The van der Waals surface area contributed by atoms with Gasteiger partial charge in [0.2, 0.25) is 20.0 Å². The fourth-order valence-electron chi connectivity index (χ4n) is 2.01. The maximum Gasteiger partial charge on any atom is 0.389 e. The third-order valence-corrected chi connectivity index (χ3v) is 6.30. The highest BCUT2D eigenvalue weighted by Gasteiger charge is 2.34. The molecule has 0 aromatic rings.